The Labute approximate surface area is 147 Å². The summed E-state index contributed by atoms with van der Waals surface area (Å²) in [4.78, 5) is 18.8. The number of anilines is 1. The van der Waals surface area contributed by atoms with Gasteiger partial charge in [0.1, 0.15) is 5.75 Å². The largest absolute Gasteiger partial charge is 0.439 e. The molecular formula is C21H20N2O2. The molecule has 0 aliphatic rings. The first-order chi connectivity index (χ1) is 12.2. The molecule has 0 saturated heterocycles. The predicted molar refractivity (Wildman–Crippen MR) is 99.3 cm³/mol. The van der Waals surface area contributed by atoms with E-state index in [1.807, 2.05) is 62.4 Å². The molecule has 25 heavy (non-hydrogen) atoms. The van der Waals surface area contributed by atoms with Crippen LogP contribution in [0.15, 0.2) is 72.9 Å². The van der Waals surface area contributed by atoms with Crippen LogP contribution in [-0.2, 0) is 0 Å². The van der Waals surface area contributed by atoms with Crippen LogP contribution in [0.3, 0.4) is 0 Å². The molecule has 4 nitrogen and oxygen atoms in total. The van der Waals surface area contributed by atoms with Crippen LogP contribution in [0.1, 0.15) is 22.8 Å². The molecule has 0 aliphatic carbocycles. The zero-order valence-electron chi connectivity index (χ0n) is 14.3. The number of carbonyl (C=O) groups is 1. The van der Waals surface area contributed by atoms with Crippen LogP contribution in [0, 0.1) is 6.92 Å². The Hall–Kier alpha value is -3.14. The lowest BCUT2D eigenvalue weighted by atomic mass is 10.1. The third kappa shape index (κ3) is 4.04. The van der Waals surface area contributed by atoms with E-state index in [-0.39, 0.29) is 5.91 Å². The Kier molecular flexibility index (Phi) is 5.09. The standard InChI is InChI=1S/C21H20N2O2/c1-3-23(18-10-6-8-16(2)14-18)21(24)17-9-7-11-19(15-17)25-20-12-4-5-13-22-20/h4-15H,3H2,1-2H3. The number of amides is 1. The van der Waals surface area contributed by atoms with Crippen LogP contribution in [0.25, 0.3) is 0 Å². The first kappa shape index (κ1) is 16.7. The van der Waals surface area contributed by atoms with Crippen molar-refractivity contribution in [2.24, 2.45) is 0 Å². The maximum Gasteiger partial charge on any atom is 0.258 e. The average Bonchev–Trinajstić information content (AvgIpc) is 2.63. The van der Waals surface area contributed by atoms with Crippen LogP contribution in [0.5, 0.6) is 11.6 Å². The summed E-state index contributed by atoms with van der Waals surface area (Å²) in [5.41, 5.74) is 2.59. The zero-order valence-corrected chi connectivity index (χ0v) is 14.3. The monoisotopic (exact) mass is 332 g/mol. The van der Waals surface area contributed by atoms with E-state index in [0.717, 1.165) is 11.3 Å². The summed E-state index contributed by atoms with van der Waals surface area (Å²) in [5, 5.41) is 0. The van der Waals surface area contributed by atoms with Gasteiger partial charge in [-0.2, -0.15) is 0 Å². The highest BCUT2D eigenvalue weighted by molar-refractivity contribution is 6.06. The van der Waals surface area contributed by atoms with Gasteiger partial charge in [0.2, 0.25) is 5.88 Å². The van der Waals surface area contributed by atoms with Crippen molar-refractivity contribution in [3.05, 3.63) is 84.1 Å². The Balaban J connectivity index is 1.85. The second kappa shape index (κ2) is 7.62. The molecule has 0 saturated carbocycles. The van der Waals surface area contributed by atoms with E-state index < -0.39 is 0 Å². The number of ether oxygens (including phenoxy) is 1. The third-order valence-electron chi connectivity index (χ3n) is 3.82. The maximum atomic E-state index is 12.9. The SMILES string of the molecule is CCN(C(=O)c1cccc(Oc2ccccn2)c1)c1cccc(C)c1. The lowest BCUT2D eigenvalue weighted by Gasteiger charge is -2.21. The molecule has 3 rings (SSSR count). The number of carbonyl (C=O) groups excluding carboxylic acids is 1. The summed E-state index contributed by atoms with van der Waals surface area (Å²) < 4.78 is 5.73. The molecule has 0 unspecified atom stereocenters. The molecule has 0 bridgehead atoms. The smallest absolute Gasteiger partial charge is 0.258 e. The third-order valence-corrected chi connectivity index (χ3v) is 3.82. The van der Waals surface area contributed by atoms with Crippen molar-refractivity contribution in [1.29, 1.82) is 0 Å². The molecule has 1 aromatic heterocycles. The van der Waals surface area contributed by atoms with Crippen molar-refractivity contribution < 1.29 is 9.53 Å². The van der Waals surface area contributed by atoms with E-state index >= 15 is 0 Å². The number of aryl methyl sites for hydroxylation is 1. The number of nitrogens with zero attached hydrogens (tertiary/aromatic N) is 2. The van der Waals surface area contributed by atoms with Gasteiger partial charge in [-0.1, -0.05) is 24.3 Å². The number of aromatic nitrogens is 1. The predicted octanol–water partition coefficient (Wildman–Crippen LogP) is 4.85. The van der Waals surface area contributed by atoms with Crippen molar-refractivity contribution >= 4 is 11.6 Å². The van der Waals surface area contributed by atoms with Gasteiger partial charge in [0.15, 0.2) is 0 Å². The van der Waals surface area contributed by atoms with Crippen LogP contribution >= 0.6 is 0 Å². The van der Waals surface area contributed by atoms with Crippen LogP contribution in [-0.4, -0.2) is 17.4 Å². The second-order valence-electron chi connectivity index (χ2n) is 5.69. The van der Waals surface area contributed by atoms with Crippen molar-refractivity contribution in [2.75, 3.05) is 11.4 Å². The van der Waals surface area contributed by atoms with Gasteiger partial charge >= 0.3 is 0 Å². The fraction of sp³-hybridized carbons (Fsp3) is 0.143. The molecule has 1 heterocycles. The highest BCUT2D eigenvalue weighted by atomic mass is 16.5. The fourth-order valence-corrected chi connectivity index (χ4v) is 2.62. The summed E-state index contributed by atoms with van der Waals surface area (Å²) >= 11 is 0. The Morgan fingerprint density at radius 2 is 1.88 bits per heavy atom. The molecule has 4 heteroatoms. The first-order valence-electron chi connectivity index (χ1n) is 8.25. The molecule has 1 amide bonds. The summed E-state index contributed by atoms with van der Waals surface area (Å²) in [6.45, 7) is 4.57. The number of hydrogen-bond donors (Lipinski definition) is 0. The van der Waals surface area contributed by atoms with Gasteiger partial charge in [-0.25, -0.2) is 4.98 Å². The summed E-state index contributed by atoms with van der Waals surface area (Å²) in [7, 11) is 0. The van der Waals surface area contributed by atoms with Crippen LogP contribution < -0.4 is 9.64 Å². The zero-order chi connectivity index (χ0) is 17.6. The lowest BCUT2D eigenvalue weighted by Crippen LogP contribution is -2.30. The first-order valence-corrected chi connectivity index (χ1v) is 8.25. The van der Waals surface area contributed by atoms with E-state index in [1.54, 1.807) is 29.3 Å². The van der Waals surface area contributed by atoms with Crippen LogP contribution in [0.2, 0.25) is 0 Å². The number of pyridine rings is 1. The molecule has 2 aromatic carbocycles. The molecule has 0 fully saturated rings. The molecule has 0 atom stereocenters. The molecule has 0 spiro atoms. The van der Waals surface area contributed by atoms with E-state index in [4.69, 9.17) is 4.74 Å². The second-order valence-corrected chi connectivity index (χ2v) is 5.69. The van der Waals surface area contributed by atoms with E-state index in [9.17, 15) is 4.79 Å². The van der Waals surface area contributed by atoms with Gasteiger partial charge in [-0.3, -0.25) is 4.79 Å². The quantitative estimate of drug-likeness (QED) is 0.671. The van der Waals surface area contributed by atoms with E-state index in [0.29, 0.717) is 23.7 Å². The molecule has 0 aliphatic heterocycles. The Bertz CT molecular complexity index is 863. The minimum atomic E-state index is -0.0560. The number of rotatable bonds is 5. The van der Waals surface area contributed by atoms with Crippen molar-refractivity contribution in [3.8, 4) is 11.6 Å². The Morgan fingerprint density at radius 3 is 2.60 bits per heavy atom. The molecule has 126 valence electrons. The van der Waals surface area contributed by atoms with Gasteiger partial charge < -0.3 is 9.64 Å². The highest BCUT2D eigenvalue weighted by Gasteiger charge is 2.17. The topological polar surface area (TPSA) is 42.4 Å². The van der Waals surface area contributed by atoms with Gasteiger partial charge in [-0.05, 0) is 55.8 Å². The normalized spacial score (nSPS) is 10.3. The number of hydrogen-bond acceptors (Lipinski definition) is 3. The van der Waals surface area contributed by atoms with Gasteiger partial charge in [0, 0.05) is 30.1 Å². The fourth-order valence-electron chi connectivity index (χ4n) is 2.62. The molecular weight excluding hydrogens is 312 g/mol. The molecule has 0 N–H and O–H groups in total. The average molecular weight is 332 g/mol. The summed E-state index contributed by atoms with van der Waals surface area (Å²) in [6.07, 6.45) is 1.67. The molecule has 3 aromatic rings. The van der Waals surface area contributed by atoms with E-state index in [1.165, 1.54) is 0 Å². The number of benzene rings is 2. The lowest BCUT2D eigenvalue weighted by molar-refractivity contribution is 0.0988. The van der Waals surface area contributed by atoms with Crippen molar-refractivity contribution in [2.45, 2.75) is 13.8 Å². The van der Waals surface area contributed by atoms with Gasteiger partial charge in [0.25, 0.3) is 5.91 Å². The Morgan fingerprint density at radius 1 is 1.04 bits per heavy atom. The summed E-state index contributed by atoms with van der Waals surface area (Å²) in [5.74, 6) is 1.03. The van der Waals surface area contributed by atoms with E-state index in [2.05, 4.69) is 4.98 Å². The van der Waals surface area contributed by atoms with Crippen LogP contribution in [0.4, 0.5) is 5.69 Å². The van der Waals surface area contributed by atoms with Crippen molar-refractivity contribution in [1.82, 2.24) is 4.98 Å². The molecule has 0 radical (unpaired) electrons. The van der Waals surface area contributed by atoms with Gasteiger partial charge in [0.05, 0.1) is 0 Å². The minimum Gasteiger partial charge on any atom is -0.439 e. The van der Waals surface area contributed by atoms with Crippen molar-refractivity contribution in [3.63, 3.8) is 0 Å². The highest BCUT2D eigenvalue weighted by Crippen LogP contribution is 2.23. The minimum absolute atomic E-state index is 0.0560. The maximum absolute atomic E-state index is 12.9. The summed E-state index contributed by atoms with van der Waals surface area (Å²) in [6, 6.07) is 20.6. The van der Waals surface area contributed by atoms with Gasteiger partial charge in [-0.15, -0.1) is 0 Å².